The molecule has 6 heteroatoms. The molecule has 0 unspecified atom stereocenters. The van der Waals surface area contributed by atoms with Crippen LogP contribution in [0.5, 0.6) is 11.5 Å². The van der Waals surface area contributed by atoms with Crippen LogP contribution >= 0.6 is 0 Å². The van der Waals surface area contributed by atoms with Crippen molar-refractivity contribution in [1.29, 1.82) is 0 Å². The summed E-state index contributed by atoms with van der Waals surface area (Å²) in [4.78, 5) is 27.3. The fraction of sp³-hybridized carbons (Fsp3) is 0.417. The molecule has 0 aromatic heterocycles. The molecule has 0 aliphatic heterocycles. The number of nitrogens with zero attached hydrogens (tertiary/aromatic N) is 1. The molecular weight excluding hydrogens is 380 g/mol. The predicted molar refractivity (Wildman–Crippen MR) is 118 cm³/mol. The first-order chi connectivity index (χ1) is 14.3. The summed E-state index contributed by atoms with van der Waals surface area (Å²) in [6.45, 7) is 7.79. The third kappa shape index (κ3) is 6.51. The van der Waals surface area contributed by atoms with Crippen LogP contribution in [0.1, 0.15) is 38.3 Å². The van der Waals surface area contributed by atoms with Crippen LogP contribution in [0.4, 0.5) is 0 Å². The van der Waals surface area contributed by atoms with E-state index in [-0.39, 0.29) is 24.5 Å². The van der Waals surface area contributed by atoms with Crippen molar-refractivity contribution in [1.82, 2.24) is 10.2 Å². The first-order valence-corrected chi connectivity index (χ1v) is 10.3. The van der Waals surface area contributed by atoms with Gasteiger partial charge < -0.3 is 19.7 Å². The Kier molecular flexibility index (Phi) is 8.71. The van der Waals surface area contributed by atoms with Crippen LogP contribution < -0.4 is 14.8 Å². The minimum absolute atomic E-state index is 0.0427. The zero-order valence-electron chi connectivity index (χ0n) is 18.5. The Balaban J connectivity index is 2.16. The van der Waals surface area contributed by atoms with Crippen molar-refractivity contribution in [2.24, 2.45) is 0 Å². The Bertz CT molecular complexity index is 835. The SMILES string of the molecule is CC[C@H](C)NC(=O)[C@@H](C)N(Cc1ccc(OC)cc1)C(=O)COc1ccccc1C. The number of amides is 2. The van der Waals surface area contributed by atoms with E-state index in [1.807, 2.05) is 69.3 Å². The molecule has 2 rings (SSSR count). The normalized spacial score (nSPS) is 12.6. The van der Waals surface area contributed by atoms with E-state index in [0.29, 0.717) is 12.3 Å². The van der Waals surface area contributed by atoms with Crippen molar-refractivity contribution in [3.8, 4) is 11.5 Å². The lowest BCUT2D eigenvalue weighted by atomic mass is 10.1. The molecule has 0 heterocycles. The third-order valence-corrected chi connectivity index (χ3v) is 5.13. The van der Waals surface area contributed by atoms with Gasteiger partial charge in [-0.1, -0.05) is 37.3 Å². The minimum Gasteiger partial charge on any atom is -0.497 e. The van der Waals surface area contributed by atoms with Crippen molar-refractivity contribution in [3.63, 3.8) is 0 Å². The summed E-state index contributed by atoms with van der Waals surface area (Å²) in [6, 6.07) is 14.4. The average Bonchev–Trinajstić information content (AvgIpc) is 2.76. The Hall–Kier alpha value is -3.02. The van der Waals surface area contributed by atoms with Gasteiger partial charge in [0.25, 0.3) is 5.91 Å². The van der Waals surface area contributed by atoms with Gasteiger partial charge >= 0.3 is 0 Å². The lowest BCUT2D eigenvalue weighted by molar-refractivity contribution is -0.142. The van der Waals surface area contributed by atoms with Crippen LogP contribution in [-0.2, 0) is 16.1 Å². The fourth-order valence-electron chi connectivity index (χ4n) is 2.92. The van der Waals surface area contributed by atoms with E-state index in [0.717, 1.165) is 23.3 Å². The lowest BCUT2D eigenvalue weighted by Gasteiger charge is -2.29. The second kappa shape index (κ2) is 11.2. The quantitative estimate of drug-likeness (QED) is 0.646. The number of hydrogen-bond donors (Lipinski definition) is 1. The zero-order chi connectivity index (χ0) is 22.1. The second-order valence-corrected chi connectivity index (χ2v) is 7.42. The molecule has 0 radical (unpaired) electrons. The molecule has 0 spiro atoms. The number of hydrogen-bond acceptors (Lipinski definition) is 4. The van der Waals surface area contributed by atoms with Crippen molar-refractivity contribution in [3.05, 3.63) is 59.7 Å². The maximum Gasteiger partial charge on any atom is 0.261 e. The van der Waals surface area contributed by atoms with E-state index in [1.165, 1.54) is 0 Å². The lowest BCUT2D eigenvalue weighted by Crippen LogP contribution is -2.50. The number of benzene rings is 2. The average molecular weight is 413 g/mol. The first-order valence-electron chi connectivity index (χ1n) is 10.3. The maximum absolute atomic E-state index is 13.1. The molecule has 162 valence electrons. The molecule has 1 N–H and O–H groups in total. The third-order valence-electron chi connectivity index (χ3n) is 5.13. The van der Waals surface area contributed by atoms with Crippen LogP contribution in [0.2, 0.25) is 0 Å². The van der Waals surface area contributed by atoms with Crippen LogP contribution in [0.25, 0.3) is 0 Å². The van der Waals surface area contributed by atoms with Crippen LogP contribution in [0, 0.1) is 6.92 Å². The number of carbonyl (C=O) groups excluding carboxylic acids is 2. The maximum atomic E-state index is 13.1. The Morgan fingerprint density at radius 1 is 1.07 bits per heavy atom. The van der Waals surface area contributed by atoms with E-state index in [4.69, 9.17) is 9.47 Å². The van der Waals surface area contributed by atoms with Gasteiger partial charge in [-0.05, 0) is 56.5 Å². The molecule has 2 aromatic carbocycles. The number of aryl methyl sites for hydroxylation is 1. The Labute approximate surface area is 179 Å². The summed E-state index contributed by atoms with van der Waals surface area (Å²) >= 11 is 0. The summed E-state index contributed by atoms with van der Waals surface area (Å²) in [5.74, 6) is 0.969. The second-order valence-electron chi connectivity index (χ2n) is 7.42. The van der Waals surface area contributed by atoms with Gasteiger partial charge in [-0.15, -0.1) is 0 Å². The summed E-state index contributed by atoms with van der Waals surface area (Å²) in [5, 5.41) is 2.96. The number of rotatable bonds is 10. The van der Waals surface area contributed by atoms with Crippen LogP contribution in [0.15, 0.2) is 48.5 Å². The van der Waals surface area contributed by atoms with E-state index >= 15 is 0 Å². The largest absolute Gasteiger partial charge is 0.497 e. The van der Waals surface area contributed by atoms with Crippen molar-refractivity contribution < 1.29 is 19.1 Å². The number of para-hydroxylation sites is 1. The molecule has 0 bridgehead atoms. The van der Waals surface area contributed by atoms with Gasteiger partial charge in [0.05, 0.1) is 7.11 Å². The van der Waals surface area contributed by atoms with E-state index < -0.39 is 6.04 Å². The van der Waals surface area contributed by atoms with E-state index in [9.17, 15) is 9.59 Å². The van der Waals surface area contributed by atoms with Crippen molar-refractivity contribution in [2.75, 3.05) is 13.7 Å². The molecular formula is C24H32N2O4. The van der Waals surface area contributed by atoms with E-state index in [2.05, 4.69) is 5.32 Å². The highest BCUT2D eigenvalue weighted by atomic mass is 16.5. The molecule has 6 nitrogen and oxygen atoms in total. The molecule has 2 amide bonds. The highest BCUT2D eigenvalue weighted by molar-refractivity contribution is 5.88. The highest BCUT2D eigenvalue weighted by Crippen LogP contribution is 2.18. The minimum atomic E-state index is -0.630. The van der Waals surface area contributed by atoms with E-state index in [1.54, 1.807) is 18.9 Å². The molecule has 2 aromatic rings. The van der Waals surface area contributed by atoms with Gasteiger partial charge in [-0.3, -0.25) is 9.59 Å². The molecule has 0 saturated carbocycles. The Morgan fingerprint density at radius 3 is 2.33 bits per heavy atom. The summed E-state index contributed by atoms with van der Waals surface area (Å²) < 4.78 is 10.9. The predicted octanol–water partition coefficient (Wildman–Crippen LogP) is 3.71. The van der Waals surface area contributed by atoms with Gasteiger partial charge in [0.15, 0.2) is 6.61 Å². The zero-order valence-corrected chi connectivity index (χ0v) is 18.5. The van der Waals surface area contributed by atoms with Crippen molar-refractivity contribution >= 4 is 11.8 Å². The monoisotopic (exact) mass is 412 g/mol. The number of ether oxygens (including phenoxy) is 2. The number of methoxy groups -OCH3 is 1. The summed E-state index contributed by atoms with van der Waals surface area (Å²) in [7, 11) is 1.61. The summed E-state index contributed by atoms with van der Waals surface area (Å²) in [5.41, 5.74) is 1.86. The topological polar surface area (TPSA) is 67.9 Å². The van der Waals surface area contributed by atoms with Gasteiger partial charge in [-0.25, -0.2) is 0 Å². The van der Waals surface area contributed by atoms with Gasteiger partial charge in [0.1, 0.15) is 17.5 Å². The molecule has 0 aliphatic carbocycles. The Morgan fingerprint density at radius 2 is 1.73 bits per heavy atom. The van der Waals surface area contributed by atoms with Gasteiger partial charge in [0.2, 0.25) is 5.91 Å². The number of nitrogens with one attached hydrogen (secondary N) is 1. The standard InChI is InChI=1S/C24H32N2O4/c1-6-18(3)25-24(28)19(4)26(15-20-11-13-21(29-5)14-12-20)23(27)16-30-22-10-8-7-9-17(22)2/h7-14,18-19H,6,15-16H2,1-5H3,(H,25,28)/t18-,19+/m0/s1. The summed E-state index contributed by atoms with van der Waals surface area (Å²) in [6.07, 6.45) is 0.821. The molecule has 0 fully saturated rings. The van der Waals surface area contributed by atoms with Gasteiger partial charge in [0, 0.05) is 12.6 Å². The van der Waals surface area contributed by atoms with Crippen LogP contribution in [-0.4, -0.2) is 42.5 Å². The first kappa shape index (κ1) is 23.3. The molecule has 30 heavy (non-hydrogen) atoms. The van der Waals surface area contributed by atoms with Crippen molar-refractivity contribution in [2.45, 2.75) is 52.7 Å². The van der Waals surface area contributed by atoms with Gasteiger partial charge in [-0.2, -0.15) is 0 Å². The number of carbonyl (C=O) groups is 2. The molecule has 0 aliphatic rings. The molecule has 0 saturated heterocycles. The smallest absolute Gasteiger partial charge is 0.261 e. The fourth-order valence-corrected chi connectivity index (χ4v) is 2.92. The molecule has 2 atom stereocenters. The highest BCUT2D eigenvalue weighted by Gasteiger charge is 2.27. The van der Waals surface area contributed by atoms with Crippen LogP contribution in [0.3, 0.4) is 0 Å².